The lowest BCUT2D eigenvalue weighted by Crippen LogP contribution is -2.12. The lowest BCUT2D eigenvalue weighted by Gasteiger charge is -2.07. The third-order valence-electron chi connectivity index (χ3n) is 2.24. The number of amides is 1. The summed E-state index contributed by atoms with van der Waals surface area (Å²) in [5.41, 5.74) is 1.21. The quantitative estimate of drug-likeness (QED) is 0.619. The van der Waals surface area contributed by atoms with Crippen molar-refractivity contribution in [2.45, 2.75) is 20.3 Å². The molecule has 0 atom stereocenters. The molecule has 1 aromatic rings. The summed E-state index contributed by atoms with van der Waals surface area (Å²) in [7, 11) is 0. The molecule has 1 aromatic carbocycles. The molecule has 1 amide bonds. The van der Waals surface area contributed by atoms with Crippen LogP contribution in [0.2, 0.25) is 0 Å². The van der Waals surface area contributed by atoms with Crippen molar-refractivity contribution in [2.75, 3.05) is 5.32 Å². The molecule has 0 heterocycles. The zero-order valence-corrected chi connectivity index (χ0v) is 9.82. The number of carbonyl (C=O) groups excluding carboxylic acids is 1. The molecule has 0 aromatic heterocycles. The number of aromatic hydroxyl groups is 1. The molecular weight excluding hydrogens is 216 g/mol. The fourth-order valence-electron chi connectivity index (χ4n) is 1.33. The van der Waals surface area contributed by atoms with Gasteiger partial charge in [-0.1, -0.05) is 13.0 Å². The van der Waals surface area contributed by atoms with E-state index in [2.05, 4.69) is 5.32 Å². The third-order valence-corrected chi connectivity index (χ3v) is 2.24. The maximum atomic E-state index is 11.7. The average molecular weight is 230 g/mol. The predicted molar refractivity (Wildman–Crippen MR) is 65.5 cm³/mol. The highest BCUT2D eigenvalue weighted by Gasteiger charge is 2.08. The lowest BCUT2D eigenvalue weighted by molar-refractivity contribution is -0.112. The van der Waals surface area contributed by atoms with Crippen molar-refractivity contribution in [1.82, 2.24) is 0 Å². The number of rotatable bonds is 3. The van der Waals surface area contributed by atoms with Gasteiger partial charge in [-0.2, -0.15) is 5.26 Å². The molecule has 88 valence electrons. The van der Waals surface area contributed by atoms with Crippen LogP contribution in [0.5, 0.6) is 5.75 Å². The Morgan fingerprint density at radius 2 is 2.29 bits per heavy atom. The van der Waals surface area contributed by atoms with E-state index in [1.165, 1.54) is 18.2 Å². The Morgan fingerprint density at radius 1 is 1.59 bits per heavy atom. The number of nitrogens with one attached hydrogen (secondary N) is 1. The fraction of sp³-hybridized carbons (Fsp3) is 0.231. The van der Waals surface area contributed by atoms with Crippen molar-refractivity contribution in [2.24, 2.45) is 0 Å². The van der Waals surface area contributed by atoms with Crippen molar-refractivity contribution < 1.29 is 9.90 Å². The molecule has 0 bridgehead atoms. The molecule has 4 heteroatoms. The molecule has 0 saturated heterocycles. The molecule has 0 aliphatic rings. The Kier molecular flexibility index (Phi) is 4.29. The second kappa shape index (κ2) is 5.71. The first-order chi connectivity index (χ1) is 8.08. The minimum Gasteiger partial charge on any atom is -0.506 e. The predicted octanol–water partition coefficient (Wildman–Crippen LogP) is 2.56. The number of allylic oxidation sites excluding steroid dienone is 1. The van der Waals surface area contributed by atoms with Gasteiger partial charge in [-0.3, -0.25) is 4.79 Å². The maximum Gasteiger partial charge on any atom is 0.251 e. The van der Waals surface area contributed by atoms with Gasteiger partial charge in [0.1, 0.15) is 5.75 Å². The van der Waals surface area contributed by atoms with Crippen LogP contribution in [0.15, 0.2) is 29.8 Å². The second-order valence-corrected chi connectivity index (χ2v) is 3.59. The van der Waals surface area contributed by atoms with Crippen molar-refractivity contribution >= 4 is 11.6 Å². The Labute approximate surface area is 100 Å². The molecule has 0 radical (unpaired) electrons. The summed E-state index contributed by atoms with van der Waals surface area (Å²) in [5, 5.41) is 20.8. The van der Waals surface area contributed by atoms with Crippen molar-refractivity contribution in [3.63, 3.8) is 0 Å². The van der Waals surface area contributed by atoms with Crippen LogP contribution in [0, 0.1) is 11.3 Å². The van der Waals surface area contributed by atoms with E-state index in [0.717, 1.165) is 6.42 Å². The molecule has 0 aliphatic carbocycles. The summed E-state index contributed by atoms with van der Waals surface area (Å²) >= 11 is 0. The van der Waals surface area contributed by atoms with Crippen LogP contribution >= 0.6 is 0 Å². The SMILES string of the molecule is CCC=C(C)C(=O)Nc1cc(C#N)ccc1O. The van der Waals surface area contributed by atoms with Gasteiger partial charge in [0.05, 0.1) is 17.3 Å². The minimum absolute atomic E-state index is 0.0540. The lowest BCUT2D eigenvalue weighted by atomic mass is 10.2. The van der Waals surface area contributed by atoms with E-state index < -0.39 is 0 Å². The van der Waals surface area contributed by atoms with Crippen LogP contribution in [0.3, 0.4) is 0 Å². The zero-order chi connectivity index (χ0) is 12.8. The van der Waals surface area contributed by atoms with Crippen molar-refractivity contribution in [3.05, 3.63) is 35.4 Å². The summed E-state index contributed by atoms with van der Waals surface area (Å²) in [6.07, 6.45) is 2.56. The van der Waals surface area contributed by atoms with Crippen molar-refractivity contribution in [1.29, 1.82) is 5.26 Å². The topological polar surface area (TPSA) is 73.1 Å². The Bertz CT molecular complexity index is 499. The Morgan fingerprint density at radius 3 is 2.88 bits per heavy atom. The molecule has 0 fully saturated rings. The van der Waals surface area contributed by atoms with E-state index in [9.17, 15) is 9.90 Å². The second-order valence-electron chi connectivity index (χ2n) is 3.59. The van der Waals surface area contributed by atoms with Gasteiger partial charge in [0, 0.05) is 5.57 Å². The summed E-state index contributed by atoms with van der Waals surface area (Å²) in [5.74, 6) is -0.334. The normalized spacial score (nSPS) is 10.8. The number of hydrogen-bond donors (Lipinski definition) is 2. The number of anilines is 1. The molecule has 17 heavy (non-hydrogen) atoms. The number of nitrogens with zero attached hydrogens (tertiary/aromatic N) is 1. The Balaban J connectivity index is 2.92. The van der Waals surface area contributed by atoms with E-state index in [-0.39, 0.29) is 17.3 Å². The summed E-state index contributed by atoms with van der Waals surface area (Å²) in [6, 6.07) is 6.25. The van der Waals surface area contributed by atoms with E-state index in [1.807, 2.05) is 13.0 Å². The molecule has 0 aliphatic heterocycles. The third kappa shape index (κ3) is 3.35. The summed E-state index contributed by atoms with van der Waals surface area (Å²) in [6.45, 7) is 3.63. The highest BCUT2D eigenvalue weighted by atomic mass is 16.3. The molecule has 2 N–H and O–H groups in total. The average Bonchev–Trinajstić information content (AvgIpc) is 2.32. The van der Waals surface area contributed by atoms with Crippen LogP contribution in [-0.4, -0.2) is 11.0 Å². The number of carbonyl (C=O) groups is 1. The number of phenolic OH excluding ortho intramolecular Hbond substituents is 1. The van der Waals surface area contributed by atoms with Crippen LogP contribution in [-0.2, 0) is 4.79 Å². The highest BCUT2D eigenvalue weighted by molar-refractivity contribution is 6.04. The van der Waals surface area contributed by atoms with Gasteiger partial charge >= 0.3 is 0 Å². The van der Waals surface area contributed by atoms with Gasteiger partial charge < -0.3 is 10.4 Å². The largest absolute Gasteiger partial charge is 0.506 e. The molecule has 4 nitrogen and oxygen atoms in total. The van der Waals surface area contributed by atoms with Gasteiger partial charge in [-0.25, -0.2) is 0 Å². The Hall–Kier alpha value is -2.28. The first-order valence-electron chi connectivity index (χ1n) is 5.29. The fourth-order valence-corrected chi connectivity index (χ4v) is 1.33. The van der Waals surface area contributed by atoms with Crippen LogP contribution in [0.25, 0.3) is 0 Å². The van der Waals surface area contributed by atoms with Gasteiger partial charge in [0.2, 0.25) is 0 Å². The van der Waals surface area contributed by atoms with Crippen molar-refractivity contribution in [3.8, 4) is 11.8 Å². The maximum absolute atomic E-state index is 11.7. The first-order valence-corrected chi connectivity index (χ1v) is 5.29. The molecule has 0 saturated carbocycles. The summed E-state index contributed by atoms with van der Waals surface area (Å²) in [4.78, 5) is 11.7. The summed E-state index contributed by atoms with van der Waals surface area (Å²) < 4.78 is 0. The smallest absolute Gasteiger partial charge is 0.251 e. The number of hydrogen-bond acceptors (Lipinski definition) is 3. The standard InChI is InChI=1S/C13H14N2O2/c1-3-4-9(2)13(17)15-11-7-10(8-14)5-6-12(11)16/h4-7,16H,3H2,1-2H3,(H,15,17). The van der Waals surface area contributed by atoms with E-state index in [4.69, 9.17) is 5.26 Å². The van der Waals surface area contributed by atoms with E-state index in [1.54, 1.807) is 13.0 Å². The monoisotopic (exact) mass is 230 g/mol. The number of phenols is 1. The van der Waals surface area contributed by atoms with E-state index >= 15 is 0 Å². The molecule has 0 spiro atoms. The van der Waals surface area contributed by atoms with Gasteiger partial charge in [0.15, 0.2) is 0 Å². The molecular formula is C13H14N2O2. The highest BCUT2D eigenvalue weighted by Crippen LogP contribution is 2.24. The van der Waals surface area contributed by atoms with Gasteiger partial charge in [-0.15, -0.1) is 0 Å². The first kappa shape index (κ1) is 12.8. The number of nitriles is 1. The van der Waals surface area contributed by atoms with Crippen LogP contribution in [0.1, 0.15) is 25.8 Å². The van der Waals surface area contributed by atoms with Gasteiger partial charge in [-0.05, 0) is 31.5 Å². The van der Waals surface area contributed by atoms with E-state index in [0.29, 0.717) is 11.1 Å². The molecule has 1 rings (SSSR count). The zero-order valence-electron chi connectivity index (χ0n) is 9.82. The van der Waals surface area contributed by atoms with Gasteiger partial charge in [0.25, 0.3) is 5.91 Å². The van der Waals surface area contributed by atoms with Crippen LogP contribution < -0.4 is 5.32 Å². The van der Waals surface area contributed by atoms with Crippen LogP contribution in [0.4, 0.5) is 5.69 Å². The minimum atomic E-state index is -0.280. The number of benzene rings is 1. The molecule has 0 unspecified atom stereocenters.